The molecule has 0 bridgehead atoms. The van der Waals surface area contributed by atoms with Crippen LogP contribution in [0.3, 0.4) is 0 Å². The van der Waals surface area contributed by atoms with Gasteiger partial charge in [-0.3, -0.25) is 18.6 Å². The van der Waals surface area contributed by atoms with Crippen molar-refractivity contribution < 1.29 is 42.1 Å². The zero-order chi connectivity index (χ0) is 44.3. The molecule has 9 nitrogen and oxygen atoms in total. The second-order valence-corrected chi connectivity index (χ2v) is 16.8. The fourth-order valence-corrected chi connectivity index (χ4v) is 5.81. The maximum absolute atomic E-state index is 12.7. The molecule has 0 saturated heterocycles. The van der Waals surface area contributed by atoms with E-state index in [4.69, 9.17) is 18.5 Å². The van der Waals surface area contributed by atoms with Crippen LogP contribution in [-0.2, 0) is 32.7 Å². The minimum atomic E-state index is -4.41. The number of quaternary nitrogens is 1. The van der Waals surface area contributed by atoms with E-state index in [0.717, 1.165) is 89.9 Å². The molecular formula is C50H81NO8P+. The highest BCUT2D eigenvalue weighted by molar-refractivity contribution is 7.47. The monoisotopic (exact) mass is 855 g/mol. The van der Waals surface area contributed by atoms with Crippen molar-refractivity contribution in [3.63, 3.8) is 0 Å². The number of allylic oxidation sites excluding steroid dienone is 20. The van der Waals surface area contributed by atoms with Crippen LogP contribution < -0.4 is 0 Å². The molecule has 338 valence electrons. The van der Waals surface area contributed by atoms with Crippen LogP contribution >= 0.6 is 7.82 Å². The van der Waals surface area contributed by atoms with Crippen molar-refractivity contribution in [2.24, 2.45) is 0 Å². The molecule has 0 aromatic carbocycles. The summed E-state index contributed by atoms with van der Waals surface area (Å²) >= 11 is 0. The van der Waals surface area contributed by atoms with Crippen molar-refractivity contribution in [1.82, 2.24) is 0 Å². The maximum atomic E-state index is 12.7. The van der Waals surface area contributed by atoms with Crippen molar-refractivity contribution in [2.75, 3.05) is 47.5 Å². The molecule has 60 heavy (non-hydrogen) atoms. The van der Waals surface area contributed by atoms with E-state index in [1.807, 2.05) is 27.2 Å². The van der Waals surface area contributed by atoms with Gasteiger partial charge < -0.3 is 18.9 Å². The van der Waals surface area contributed by atoms with E-state index in [9.17, 15) is 19.0 Å². The summed E-state index contributed by atoms with van der Waals surface area (Å²) in [5, 5.41) is 0. The summed E-state index contributed by atoms with van der Waals surface area (Å²) in [6.07, 6.45) is 56.9. The summed E-state index contributed by atoms with van der Waals surface area (Å²) in [5.41, 5.74) is 0. The third-order valence-corrected chi connectivity index (χ3v) is 9.47. The number of rotatable bonds is 38. The summed E-state index contributed by atoms with van der Waals surface area (Å²) in [4.78, 5) is 35.4. The van der Waals surface area contributed by atoms with Crippen LogP contribution in [0.4, 0.5) is 0 Å². The van der Waals surface area contributed by atoms with Crippen LogP contribution in [0.1, 0.15) is 129 Å². The van der Waals surface area contributed by atoms with Crippen molar-refractivity contribution in [3.8, 4) is 0 Å². The first-order chi connectivity index (χ1) is 29.0. The van der Waals surface area contributed by atoms with Crippen LogP contribution in [0.2, 0.25) is 0 Å². The van der Waals surface area contributed by atoms with Gasteiger partial charge in [0.15, 0.2) is 6.10 Å². The molecule has 10 heteroatoms. The molecule has 0 aliphatic carbocycles. The Bertz CT molecular complexity index is 1430. The molecule has 0 aliphatic heterocycles. The van der Waals surface area contributed by atoms with Gasteiger partial charge in [0.1, 0.15) is 19.8 Å². The summed E-state index contributed by atoms with van der Waals surface area (Å²) in [5.74, 6) is -0.920. The van der Waals surface area contributed by atoms with Crippen molar-refractivity contribution in [2.45, 2.75) is 136 Å². The molecule has 0 saturated carbocycles. The Labute approximate surface area is 365 Å². The highest BCUT2D eigenvalue weighted by Gasteiger charge is 2.27. The SMILES string of the molecule is CC/C=C\C/C=C\C/C=C\C/C=C\C/C=C\CCCCCC(=O)O[C@H](COC(=O)CCC/C=C\C/C=C\C/C=C\C/C=C\C/C=C\CC)COP(=O)(O)OCC[N+](C)(C)C. The third kappa shape index (κ3) is 44.0. The van der Waals surface area contributed by atoms with Gasteiger partial charge in [-0.2, -0.15) is 0 Å². The van der Waals surface area contributed by atoms with Gasteiger partial charge in [0.25, 0.3) is 0 Å². The zero-order valence-corrected chi connectivity index (χ0v) is 38.8. The number of hydrogen-bond donors (Lipinski definition) is 1. The number of esters is 2. The highest BCUT2D eigenvalue weighted by atomic mass is 31.2. The predicted octanol–water partition coefficient (Wildman–Crippen LogP) is 12.9. The Balaban J connectivity index is 4.55. The molecular weight excluding hydrogens is 774 g/mol. The molecule has 1 unspecified atom stereocenters. The normalized spacial score (nSPS) is 14.7. The molecule has 0 aromatic rings. The van der Waals surface area contributed by atoms with Crippen LogP contribution in [0.25, 0.3) is 0 Å². The highest BCUT2D eigenvalue weighted by Crippen LogP contribution is 2.43. The van der Waals surface area contributed by atoms with Gasteiger partial charge in [-0.15, -0.1) is 0 Å². The number of phosphoric acid groups is 1. The Morgan fingerprint density at radius 3 is 1.35 bits per heavy atom. The first-order valence-corrected chi connectivity index (χ1v) is 23.8. The minimum absolute atomic E-state index is 0.00816. The zero-order valence-electron chi connectivity index (χ0n) is 37.9. The average Bonchev–Trinajstić information content (AvgIpc) is 3.20. The lowest BCUT2D eigenvalue weighted by Crippen LogP contribution is -2.37. The number of unbranched alkanes of at least 4 members (excludes halogenated alkanes) is 4. The summed E-state index contributed by atoms with van der Waals surface area (Å²) in [6, 6.07) is 0. The van der Waals surface area contributed by atoms with Crippen molar-refractivity contribution in [1.29, 1.82) is 0 Å². The van der Waals surface area contributed by atoms with Gasteiger partial charge >= 0.3 is 19.8 Å². The van der Waals surface area contributed by atoms with E-state index in [1.54, 1.807) is 0 Å². The second kappa shape index (κ2) is 40.8. The molecule has 0 rings (SSSR count). The maximum Gasteiger partial charge on any atom is 0.472 e. The number of carbonyl (C=O) groups is 2. The summed E-state index contributed by atoms with van der Waals surface area (Å²) < 4.78 is 34.2. The van der Waals surface area contributed by atoms with Gasteiger partial charge in [0, 0.05) is 12.8 Å². The molecule has 2 atom stereocenters. The molecule has 0 amide bonds. The topological polar surface area (TPSA) is 108 Å². The summed E-state index contributed by atoms with van der Waals surface area (Å²) in [6.45, 7) is 4.05. The van der Waals surface area contributed by atoms with E-state index in [2.05, 4.69) is 129 Å². The van der Waals surface area contributed by atoms with Crippen LogP contribution in [0.5, 0.6) is 0 Å². The van der Waals surface area contributed by atoms with E-state index >= 15 is 0 Å². The molecule has 0 fully saturated rings. The quantitative estimate of drug-likeness (QED) is 0.0215. The lowest BCUT2D eigenvalue weighted by molar-refractivity contribution is -0.870. The third-order valence-electron chi connectivity index (χ3n) is 8.49. The standard InChI is InChI=1S/C50H80NO8P/c1-6-8-10-12-14-16-18-20-22-24-25-27-29-31-33-35-37-39-41-43-50(53)59-48(47-58-60(54,55)57-45-44-51(3,4)5)46-56-49(52)42-40-38-36-34-32-30-28-26-23-21-19-17-15-13-11-9-7-2/h8-11,14-17,20-23,25,27-28,30-31,33-34,36,48H,6-7,12-13,18-19,24,26,29,32,35,37-47H2,1-5H3/p+1/b10-8-,11-9-,16-14-,17-15-,22-20-,23-21-,27-25-,30-28-,33-31-,36-34-/t48-/m1/s1. The van der Waals surface area contributed by atoms with E-state index in [1.165, 1.54) is 0 Å². The van der Waals surface area contributed by atoms with E-state index in [-0.39, 0.29) is 26.1 Å². The first-order valence-electron chi connectivity index (χ1n) is 22.3. The lowest BCUT2D eigenvalue weighted by Gasteiger charge is -2.24. The largest absolute Gasteiger partial charge is 0.472 e. The summed E-state index contributed by atoms with van der Waals surface area (Å²) in [7, 11) is 1.40. The second-order valence-electron chi connectivity index (χ2n) is 15.3. The Morgan fingerprint density at radius 1 is 0.517 bits per heavy atom. The fourth-order valence-electron chi connectivity index (χ4n) is 5.07. The Morgan fingerprint density at radius 2 is 0.917 bits per heavy atom. The van der Waals surface area contributed by atoms with E-state index < -0.39 is 32.5 Å². The number of ether oxygens (including phenoxy) is 2. The van der Waals surface area contributed by atoms with Crippen molar-refractivity contribution in [3.05, 3.63) is 122 Å². The molecule has 1 N–H and O–H groups in total. The van der Waals surface area contributed by atoms with Crippen LogP contribution in [0, 0.1) is 0 Å². The van der Waals surface area contributed by atoms with Gasteiger partial charge in [-0.25, -0.2) is 4.57 Å². The van der Waals surface area contributed by atoms with Gasteiger partial charge in [0.2, 0.25) is 0 Å². The van der Waals surface area contributed by atoms with E-state index in [0.29, 0.717) is 23.9 Å². The predicted molar refractivity (Wildman–Crippen MR) is 251 cm³/mol. The first kappa shape index (κ1) is 56.4. The molecule has 0 spiro atoms. The molecule has 0 radical (unpaired) electrons. The number of carbonyl (C=O) groups excluding carboxylic acids is 2. The smallest absolute Gasteiger partial charge is 0.462 e. The Kier molecular flexibility index (Phi) is 38.4. The van der Waals surface area contributed by atoms with Crippen LogP contribution in [-0.4, -0.2) is 74.9 Å². The van der Waals surface area contributed by atoms with Crippen molar-refractivity contribution >= 4 is 19.8 Å². The van der Waals surface area contributed by atoms with Gasteiger partial charge in [-0.1, -0.05) is 142 Å². The Hall–Kier alpha value is -3.59. The molecule has 0 aliphatic rings. The average molecular weight is 855 g/mol. The number of phosphoric ester groups is 1. The fraction of sp³-hybridized carbons (Fsp3) is 0.560. The lowest BCUT2D eigenvalue weighted by atomic mass is 10.1. The molecule has 0 heterocycles. The number of nitrogens with zero attached hydrogens (tertiary/aromatic N) is 1. The number of likely N-dealkylation sites (N-methyl/N-ethyl adjacent to an activating group) is 1. The minimum Gasteiger partial charge on any atom is -0.462 e. The van der Waals surface area contributed by atoms with Gasteiger partial charge in [0.05, 0.1) is 27.7 Å². The van der Waals surface area contributed by atoms with Gasteiger partial charge in [-0.05, 0) is 96.3 Å². The molecule has 0 aromatic heterocycles. The van der Waals surface area contributed by atoms with Crippen LogP contribution in [0.15, 0.2) is 122 Å². The number of hydrogen-bond acceptors (Lipinski definition) is 7.